The number of aliphatic hydroxyl groups is 1. The van der Waals surface area contributed by atoms with Gasteiger partial charge in [-0.2, -0.15) is 0 Å². The van der Waals surface area contributed by atoms with E-state index in [2.05, 4.69) is 23.8 Å². The molecule has 4 nitrogen and oxygen atoms in total. The second kappa shape index (κ2) is 5.07. The molecule has 0 fully saturated rings. The lowest BCUT2D eigenvalue weighted by Crippen LogP contribution is -2.27. The minimum Gasteiger partial charge on any atom is -0.392 e. The quantitative estimate of drug-likeness (QED) is 0.814. The molecule has 1 unspecified atom stereocenters. The van der Waals surface area contributed by atoms with Gasteiger partial charge >= 0.3 is 0 Å². The van der Waals surface area contributed by atoms with Crippen molar-refractivity contribution in [2.75, 3.05) is 18.5 Å². The second-order valence-corrected chi connectivity index (χ2v) is 4.16. The topological polar surface area (TPSA) is 49.2 Å². The van der Waals surface area contributed by atoms with E-state index in [4.69, 9.17) is 0 Å². The van der Waals surface area contributed by atoms with Crippen LogP contribution >= 0.6 is 0 Å². The van der Waals surface area contributed by atoms with E-state index < -0.39 is 0 Å². The SMILES string of the molecule is CC(O)CN(C)c1ccnc(C(C)C)n1. The molecule has 1 aromatic heterocycles. The summed E-state index contributed by atoms with van der Waals surface area (Å²) in [7, 11) is 1.92. The van der Waals surface area contributed by atoms with Crippen LogP contribution in [-0.2, 0) is 0 Å². The van der Waals surface area contributed by atoms with E-state index >= 15 is 0 Å². The van der Waals surface area contributed by atoms with Gasteiger partial charge in [-0.15, -0.1) is 0 Å². The van der Waals surface area contributed by atoms with Gasteiger partial charge in [0.25, 0.3) is 0 Å². The first kappa shape index (κ1) is 11.9. The molecule has 4 heteroatoms. The molecular weight excluding hydrogens is 190 g/mol. The van der Waals surface area contributed by atoms with Crippen molar-refractivity contribution in [2.45, 2.75) is 32.8 Å². The summed E-state index contributed by atoms with van der Waals surface area (Å²) in [5.74, 6) is 2.02. The molecule has 0 aromatic carbocycles. The van der Waals surface area contributed by atoms with Crippen LogP contribution in [0.25, 0.3) is 0 Å². The molecule has 0 spiro atoms. The molecule has 84 valence electrons. The van der Waals surface area contributed by atoms with Crippen LogP contribution in [0, 0.1) is 0 Å². The van der Waals surface area contributed by atoms with Gasteiger partial charge in [-0.1, -0.05) is 13.8 Å². The number of rotatable bonds is 4. The van der Waals surface area contributed by atoms with Gasteiger partial charge in [-0.3, -0.25) is 0 Å². The molecular formula is C11H19N3O. The molecule has 0 radical (unpaired) electrons. The Balaban J connectivity index is 2.80. The van der Waals surface area contributed by atoms with Crippen molar-refractivity contribution in [1.29, 1.82) is 0 Å². The average molecular weight is 209 g/mol. The van der Waals surface area contributed by atoms with Crippen molar-refractivity contribution in [2.24, 2.45) is 0 Å². The van der Waals surface area contributed by atoms with Gasteiger partial charge in [0, 0.05) is 25.7 Å². The first-order valence-corrected chi connectivity index (χ1v) is 5.23. The highest BCUT2D eigenvalue weighted by Gasteiger charge is 2.08. The molecule has 0 saturated carbocycles. The van der Waals surface area contributed by atoms with Crippen molar-refractivity contribution in [3.05, 3.63) is 18.1 Å². The summed E-state index contributed by atoms with van der Waals surface area (Å²) >= 11 is 0. The highest BCUT2D eigenvalue weighted by molar-refractivity contribution is 5.36. The number of aromatic nitrogens is 2. The minimum atomic E-state index is -0.354. The fraction of sp³-hybridized carbons (Fsp3) is 0.636. The molecule has 0 aliphatic heterocycles. The molecule has 1 aromatic rings. The van der Waals surface area contributed by atoms with Gasteiger partial charge in [0.1, 0.15) is 11.6 Å². The molecule has 0 saturated heterocycles. The number of likely N-dealkylation sites (N-methyl/N-ethyl adjacent to an activating group) is 1. The van der Waals surface area contributed by atoms with Gasteiger partial charge in [-0.25, -0.2) is 9.97 Å². The number of anilines is 1. The maximum atomic E-state index is 9.28. The maximum absolute atomic E-state index is 9.28. The standard InChI is InChI=1S/C11H19N3O/c1-8(2)11-12-6-5-10(13-11)14(4)7-9(3)15/h5-6,8-9,15H,7H2,1-4H3. The summed E-state index contributed by atoms with van der Waals surface area (Å²) in [5.41, 5.74) is 0. The first-order chi connectivity index (χ1) is 7.00. The van der Waals surface area contributed by atoms with Gasteiger partial charge < -0.3 is 10.0 Å². The third-order valence-electron chi connectivity index (χ3n) is 2.11. The zero-order valence-corrected chi connectivity index (χ0v) is 9.81. The minimum absolute atomic E-state index is 0.324. The Labute approximate surface area is 91.0 Å². The van der Waals surface area contributed by atoms with Crippen molar-refractivity contribution >= 4 is 5.82 Å². The molecule has 1 heterocycles. The summed E-state index contributed by atoms with van der Waals surface area (Å²) in [4.78, 5) is 10.6. The lowest BCUT2D eigenvalue weighted by atomic mass is 10.2. The number of nitrogens with zero attached hydrogens (tertiary/aromatic N) is 3. The molecule has 0 aliphatic carbocycles. The van der Waals surface area contributed by atoms with E-state index in [1.54, 1.807) is 13.1 Å². The summed E-state index contributed by atoms with van der Waals surface area (Å²) in [6.07, 6.45) is 1.41. The van der Waals surface area contributed by atoms with Gasteiger partial charge in [0.15, 0.2) is 0 Å². The lowest BCUT2D eigenvalue weighted by molar-refractivity contribution is 0.201. The molecule has 1 atom stereocenters. The third-order valence-corrected chi connectivity index (χ3v) is 2.11. The molecule has 1 rings (SSSR count). The van der Waals surface area contributed by atoms with Crippen molar-refractivity contribution < 1.29 is 5.11 Å². The maximum Gasteiger partial charge on any atom is 0.133 e. The summed E-state index contributed by atoms with van der Waals surface area (Å²) in [5, 5.41) is 9.28. The number of aliphatic hydroxyl groups excluding tert-OH is 1. The van der Waals surface area contributed by atoms with Crippen LogP contribution in [-0.4, -0.2) is 34.8 Å². The van der Waals surface area contributed by atoms with Crippen molar-refractivity contribution in [1.82, 2.24) is 9.97 Å². The highest BCUT2D eigenvalue weighted by Crippen LogP contribution is 2.13. The first-order valence-electron chi connectivity index (χ1n) is 5.23. The summed E-state index contributed by atoms with van der Waals surface area (Å²) in [6.45, 7) is 6.47. The van der Waals surface area contributed by atoms with E-state index in [0.29, 0.717) is 12.5 Å². The summed E-state index contributed by atoms with van der Waals surface area (Å²) < 4.78 is 0. The zero-order valence-electron chi connectivity index (χ0n) is 9.81. The second-order valence-electron chi connectivity index (χ2n) is 4.16. The molecule has 0 amide bonds. The smallest absolute Gasteiger partial charge is 0.133 e. The Hall–Kier alpha value is -1.16. The molecule has 0 aliphatic rings. The van der Waals surface area contributed by atoms with Crippen molar-refractivity contribution in [3.8, 4) is 0 Å². The Bertz CT molecular complexity index is 312. The fourth-order valence-electron chi connectivity index (χ4n) is 1.34. The predicted molar refractivity (Wildman–Crippen MR) is 61.1 cm³/mol. The van der Waals surface area contributed by atoms with E-state index in [1.807, 2.05) is 18.0 Å². The van der Waals surface area contributed by atoms with Crippen LogP contribution in [0.3, 0.4) is 0 Å². The normalized spacial score (nSPS) is 12.9. The van der Waals surface area contributed by atoms with Gasteiger partial charge in [0.05, 0.1) is 6.10 Å². The van der Waals surface area contributed by atoms with E-state index in [1.165, 1.54) is 0 Å². The van der Waals surface area contributed by atoms with Gasteiger partial charge in [-0.05, 0) is 13.0 Å². The molecule has 0 bridgehead atoms. The largest absolute Gasteiger partial charge is 0.392 e. The average Bonchev–Trinajstić information content (AvgIpc) is 2.17. The Morgan fingerprint density at radius 3 is 2.60 bits per heavy atom. The monoisotopic (exact) mass is 209 g/mol. The number of hydrogen-bond acceptors (Lipinski definition) is 4. The van der Waals surface area contributed by atoms with Crippen LogP contribution < -0.4 is 4.90 Å². The van der Waals surface area contributed by atoms with Crippen LogP contribution in [0.1, 0.15) is 32.5 Å². The predicted octanol–water partition coefficient (Wildman–Crippen LogP) is 1.42. The van der Waals surface area contributed by atoms with Gasteiger partial charge in [0.2, 0.25) is 0 Å². The van der Waals surface area contributed by atoms with E-state index in [9.17, 15) is 5.11 Å². The Morgan fingerprint density at radius 1 is 1.40 bits per heavy atom. The molecule has 15 heavy (non-hydrogen) atoms. The van der Waals surface area contributed by atoms with Crippen molar-refractivity contribution in [3.63, 3.8) is 0 Å². The number of hydrogen-bond donors (Lipinski definition) is 1. The highest BCUT2D eigenvalue weighted by atomic mass is 16.3. The third kappa shape index (κ3) is 3.47. The van der Waals surface area contributed by atoms with Crippen LogP contribution in [0.15, 0.2) is 12.3 Å². The molecule has 1 N–H and O–H groups in total. The van der Waals surface area contributed by atoms with Crippen LogP contribution in [0.4, 0.5) is 5.82 Å². The lowest BCUT2D eigenvalue weighted by Gasteiger charge is -2.20. The Kier molecular flexibility index (Phi) is 4.03. The van der Waals surface area contributed by atoms with E-state index in [-0.39, 0.29) is 6.10 Å². The zero-order chi connectivity index (χ0) is 11.4. The fourth-order valence-corrected chi connectivity index (χ4v) is 1.34. The summed E-state index contributed by atoms with van der Waals surface area (Å²) in [6, 6.07) is 1.86. The van der Waals surface area contributed by atoms with E-state index in [0.717, 1.165) is 11.6 Å². The van der Waals surface area contributed by atoms with Crippen LogP contribution in [0.2, 0.25) is 0 Å². The Morgan fingerprint density at radius 2 is 2.07 bits per heavy atom. The van der Waals surface area contributed by atoms with Crippen LogP contribution in [0.5, 0.6) is 0 Å².